The van der Waals surface area contributed by atoms with Gasteiger partial charge in [0.15, 0.2) is 5.69 Å². The third-order valence-corrected chi connectivity index (χ3v) is 3.86. The van der Waals surface area contributed by atoms with E-state index in [1.54, 1.807) is 20.8 Å². The second kappa shape index (κ2) is 5.88. The summed E-state index contributed by atoms with van der Waals surface area (Å²) < 4.78 is 5.26. The molecule has 1 aromatic carbocycles. The maximum absolute atomic E-state index is 12.2. The van der Waals surface area contributed by atoms with Gasteiger partial charge in [-0.05, 0) is 33.3 Å². The number of carbonyl (C=O) groups excluding carboxylic acids is 1. The van der Waals surface area contributed by atoms with Crippen LogP contribution in [0.2, 0.25) is 0 Å². The SMILES string of the molecule is Cc1ccccc1-c1nc(C(=O)O)c(C(=O)OC(C)(C)C)s1. The third kappa shape index (κ3) is 3.51. The summed E-state index contributed by atoms with van der Waals surface area (Å²) in [6, 6.07) is 7.49. The molecule has 22 heavy (non-hydrogen) atoms. The molecule has 0 unspecified atom stereocenters. The molecule has 2 rings (SSSR count). The number of aryl methyl sites for hydroxylation is 1. The van der Waals surface area contributed by atoms with Crippen LogP contribution in [-0.2, 0) is 4.74 Å². The lowest BCUT2D eigenvalue weighted by Crippen LogP contribution is -2.24. The number of carboxylic acids is 1. The summed E-state index contributed by atoms with van der Waals surface area (Å²) in [5.74, 6) is -1.90. The number of ether oxygens (including phenoxy) is 1. The number of carboxylic acid groups (broad SMARTS) is 1. The van der Waals surface area contributed by atoms with Crippen LogP contribution in [0.1, 0.15) is 46.5 Å². The second-order valence-corrected chi connectivity index (χ2v) is 6.82. The topological polar surface area (TPSA) is 76.5 Å². The van der Waals surface area contributed by atoms with E-state index in [1.165, 1.54) is 0 Å². The Morgan fingerprint density at radius 1 is 1.23 bits per heavy atom. The predicted octanol–water partition coefficient (Wildman–Crippen LogP) is 3.77. The number of thiazole rings is 1. The van der Waals surface area contributed by atoms with E-state index in [1.807, 2.05) is 31.2 Å². The van der Waals surface area contributed by atoms with Crippen molar-refractivity contribution >= 4 is 23.3 Å². The lowest BCUT2D eigenvalue weighted by atomic mass is 10.1. The molecule has 0 amide bonds. The Hall–Kier alpha value is -2.21. The zero-order chi connectivity index (χ0) is 16.5. The minimum absolute atomic E-state index is 0.0145. The van der Waals surface area contributed by atoms with Crippen LogP contribution < -0.4 is 0 Å². The number of aromatic carboxylic acids is 1. The average Bonchev–Trinajstić information content (AvgIpc) is 2.82. The number of esters is 1. The van der Waals surface area contributed by atoms with Gasteiger partial charge in [0.25, 0.3) is 0 Å². The summed E-state index contributed by atoms with van der Waals surface area (Å²) in [5.41, 5.74) is 0.811. The molecule has 0 atom stereocenters. The highest BCUT2D eigenvalue weighted by Crippen LogP contribution is 2.31. The highest BCUT2D eigenvalue weighted by molar-refractivity contribution is 7.17. The van der Waals surface area contributed by atoms with Crippen molar-refractivity contribution < 1.29 is 19.4 Å². The zero-order valence-corrected chi connectivity index (χ0v) is 13.7. The van der Waals surface area contributed by atoms with Crippen LogP contribution in [0.15, 0.2) is 24.3 Å². The van der Waals surface area contributed by atoms with Gasteiger partial charge in [-0.15, -0.1) is 11.3 Å². The lowest BCUT2D eigenvalue weighted by Gasteiger charge is -2.18. The van der Waals surface area contributed by atoms with E-state index in [2.05, 4.69) is 4.98 Å². The van der Waals surface area contributed by atoms with Crippen LogP contribution >= 0.6 is 11.3 Å². The number of hydrogen-bond donors (Lipinski definition) is 1. The molecular weight excluding hydrogens is 302 g/mol. The van der Waals surface area contributed by atoms with E-state index in [0.29, 0.717) is 5.01 Å². The van der Waals surface area contributed by atoms with Gasteiger partial charge < -0.3 is 9.84 Å². The molecular formula is C16H17NO4S. The standard InChI is InChI=1S/C16H17NO4S/c1-9-7-5-6-8-10(9)13-17-11(14(18)19)12(22-13)15(20)21-16(2,3)4/h5-8H,1-4H3,(H,18,19). The molecule has 5 nitrogen and oxygen atoms in total. The minimum atomic E-state index is -1.24. The number of carbonyl (C=O) groups is 2. The van der Waals surface area contributed by atoms with Gasteiger partial charge in [0.05, 0.1) is 0 Å². The summed E-state index contributed by atoms with van der Waals surface area (Å²) in [4.78, 5) is 27.7. The zero-order valence-electron chi connectivity index (χ0n) is 12.8. The van der Waals surface area contributed by atoms with Crippen LogP contribution in [-0.4, -0.2) is 27.6 Å². The molecule has 0 bridgehead atoms. The monoisotopic (exact) mass is 319 g/mol. The smallest absolute Gasteiger partial charge is 0.356 e. The quantitative estimate of drug-likeness (QED) is 0.871. The molecule has 0 aliphatic carbocycles. The van der Waals surface area contributed by atoms with Crippen molar-refractivity contribution in [2.24, 2.45) is 0 Å². The van der Waals surface area contributed by atoms with E-state index < -0.39 is 17.5 Å². The van der Waals surface area contributed by atoms with Crippen molar-refractivity contribution in [1.82, 2.24) is 4.98 Å². The van der Waals surface area contributed by atoms with Gasteiger partial charge in [0.1, 0.15) is 15.5 Å². The summed E-state index contributed by atoms with van der Waals surface area (Å²) in [5, 5.41) is 9.78. The molecule has 0 aliphatic rings. The molecule has 1 aromatic heterocycles. The average molecular weight is 319 g/mol. The van der Waals surface area contributed by atoms with Crippen molar-refractivity contribution in [1.29, 1.82) is 0 Å². The number of hydrogen-bond acceptors (Lipinski definition) is 5. The maximum atomic E-state index is 12.2. The predicted molar refractivity (Wildman–Crippen MR) is 84.4 cm³/mol. The number of aromatic nitrogens is 1. The molecule has 0 aliphatic heterocycles. The molecule has 0 saturated carbocycles. The van der Waals surface area contributed by atoms with Gasteiger partial charge in [-0.3, -0.25) is 0 Å². The largest absolute Gasteiger partial charge is 0.476 e. The van der Waals surface area contributed by atoms with Crippen LogP contribution in [0.25, 0.3) is 10.6 Å². The summed E-state index contributed by atoms with van der Waals surface area (Å²) in [6.45, 7) is 7.10. The van der Waals surface area contributed by atoms with E-state index >= 15 is 0 Å². The summed E-state index contributed by atoms with van der Waals surface area (Å²) in [6.07, 6.45) is 0. The molecule has 6 heteroatoms. The Balaban J connectivity index is 2.49. The Kier molecular flexibility index (Phi) is 4.32. The van der Waals surface area contributed by atoms with E-state index in [0.717, 1.165) is 22.5 Å². The first kappa shape index (κ1) is 16.2. The summed E-state index contributed by atoms with van der Waals surface area (Å²) >= 11 is 1.04. The Morgan fingerprint density at radius 3 is 2.41 bits per heavy atom. The minimum Gasteiger partial charge on any atom is -0.476 e. The van der Waals surface area contributed by atoms with Gasteiger partial charge >= 0.3 is 11.9 Å². The molecule has 0 fully saturated rings. The molecule has 0 saturated heterocycles. The Labute approximate surface area is 132 Å². The molecule has 1 heterocycles. The van der Waals surface area contributed by atoms with Gasteiger partial charge in [-0.2, -0.15) is 0 Å². The van der Waals surface area contributed by atoms with Gasteiger partial charge in [0.2, 0.25) is 0 Å². The Bertz CT molecular complexity index is 728. The van der Waals surface area contributed by atoms with Crippen molar-refractivity contribution in [3.8, 4) is 10.6 Å². The number of benzene rings is 1. The van der Waals surface area contributed by atoms with E-state index in [9.17, 15) is 14.7 Å². The van der Waals surface area contributed by atoms with Crippen molar-refractivity contribution in [3.63, 3.8) is 0 Å². The molecule has 2 aromatic rings. The normalized spacial score (nSPS) is 11.3. The van der Waals surface area contributed by atoms with Gasteiger partial charge in [0, 0.05) is 5.56 Å². The van der Waals surface area contributed by atoms with Crippen LogP contribution in [0.3, 0.4) is 0 Å². The van der Waals surface area contributed by atoms with Crippen LogP contribution in [0.4, 0.5) is 0 Å². The first-order chi connectivity index (χ1) is 10.2. The van der Waals surface area contributed by atoms with E-state index in [4.69, 9.17) is 4.74 Å². The highest BCUT2D eigenvalue weighted by Gasteiger charge is 2.28. The fourth-order valence-electron chi connectivity index (χ4n) is 1.86. The number of rotatable bonds is 3. The first-order valence-corrected chi connectivity index (χ1v) is 7.54. The molecule has 1 N–H and O–H groups in total. The molecule has 116 valence electrons. The van der Waals surface area contributed by atoms with Crippen molar-refractivity contribution in [3.05, 3.63) is 40.4 Å². The third-order valence-electron chi connectivity index (χ3n) is 2.79. The lowest BCUT2D eigenvalue weighted by molar-refractivity contribution is 0.00713. The molecule has 0 spiro atoms. The fourth-order valence-corrected chi connectivity index (χ4v) is 2.88. The van der Waals surface area contributed by atoms with Crippen LogP contribution in [0, 0.1) is 6.92 Å². The van der Waals surface area contributed by atoms with Crippen molar-refractivity contribution in [2.75, 3.05) is 0 Å². The van der Waals surface area contributed by atoms with Gasteiger partial charge in [-0.25, -0.2) is 14.6 Å². The molecule has 0 radical (unpaired) electrons. The van der Waals surface area contributed by atoms with E-state index in [-0.39, 0.29) is 10.6 Å². The highest BCUT2D eigenvalue weighted by atomic mass is 32.1. The maximum Gasteiger partial charge on any atom is 0.356 e. The van der Waals surface area contributed by atoms with Crippen molar-refractivity contribution in [2.45, 2.75) is 33.3 Å². The second-order valence-electron chi connectivity index (χ2n) is 5.82. The number of nitrogens with zero attached hydrogens (tertiary/aromatic N) is 1. The van der Waals surface area contributed by atoms with Crippen LogP contribution in [0.5, 0.6) is 0 Å². The first-order valence-electron chi connectivity index (χ1n) is 6.72. The Morgan fingerprint density at radius 2 is 1.86 bits per heavy atom. The summed E-state index contributed by atoms with van der Waals surface area (Å²) in [7, 11) is 0. The van der Waals surface area contributed by atoms with Gasteiger partial charge in [-0.1, -0.05) is 24.3 Å². The fraction of sp³-hybridized carbons (Fsp3) is 0.312.